The van der Waals surface area contributed by atoms with Crippen molar-refractivity contribution in [2.45, 2.75) is 63.2 Å². The van der Waals surface area contributed by atoms with Crippen LogP contribution in [0.3, 0.4) is 0 Å². The second-order valence-corrected chi connectivity index (χ2v) is 14.2. The maximum absolute atomic E-state index is 13.5. The molecule has 1 aliphatic carbocycles. The Morgan fingerprint density at radius 2 is 1.71 bits per heavy atom. The molecule has 1 saturated carbocycles. The smallest absolute Gasteiger partial charge is 0.417 e. The third kappa shape index (κ3) is 10.2. The quantitative estimate of drug-likeness (QED) is 0.0703. The molecule has 292 valence electrons. The standard InChI is InChI=1S/C35H40N8O11S/c1-55-25-13-26(45)43(31(25)48)15-18-2-4-20(5-3-18)33(51)53-17-54-35(52)42(16-22-14-38-30-28(39-22)29(36)40-34(37)41-30)23-9-6-19(7-10-23)24(44)12-21(32(49)50)8-11-27(46)47/h6-7,9-10,14,18,20-21,25H,2-5,8,11-13,15-17H2,1H3,(H,46,47)(H,49,50)(H4,36,37,38,40,41)/t18?,20?,21-,25?/m1/s1. The molecule has 20 heteroatoms. The number of aromatic nitrogens is 4. The van der Waals surface area contributed by atoms with E-state index in [-0.39, 0.29) is 82.2 Å². The predicted octanol–water partition coefficient (Wildman–Crippen LogP) is 2.66. The zero-order valence-corrected chi connectivity index (χ0v) is 30.6. The summed E-state index contributed by atoms with van der Waals surface area (Å²) >= 11 is 1.36. The normalized spacial score (nSPS) is 18.9. The van der Waals surface area contributed by atoms with E-state index in [9.17, 15) is 38.7 Å². The highest BCUT2D eigenvalue weighted by Gasteiger charge is 2.40. The first-order chi connectivity index (χ1) is 26.2. The van der Waals surface area contributed by atoms with Crippen LogP contribution >= 0.6 is 11.8 Å². The summed E-state index contributed by atoms with van der Waals surface area (Å²) < 4.78 is 10.7. The van der Waals surface area contributed by atoms with Crippen molar-refractivity contribution >= 4 is 82.0 Å². The van der Waals surface area contributed by atoms with Gasteiger partial charge in [-0.2, -0.15) is 21.7 Å². The molecule has 0 spiro atoms. The maximum atomic E-state index is 13.5. The number of esters is 1. The molecule has 1 unspecified atom stereocenters. The number of ether oxygens (including phenoxy) is 2. The second kappa shape index (κ2) is 17.9. The Labute approximate surface area is 318 Å². The first-order valence-corrected chi connectivity index (χ1v) is 18.6. The fraction of sp³-hybridized carbons (Fsp3) is 0.457. The van der Waals surface area contributed by atoms with Crippen molar-refractivity contribution in [3.8, 4) is 0 Å². The summed E-state index contributed by atoms with van der Waals surface area (Å²) in [5.74, 6) is -5.68. The number of hydrogen-bond donors (Lipinski definition) is 4. The maximum Gasteiger partial charge on any atom is 0.417 e. The topological polar surface area (TPSA) is 288 Å². The van der Waals surface area contributed by atoms with E-state index in [2.05, 4.69) is 19.9 Å². The molecule has 1 aromatic carbocycles. The number of ketones is 1. The number of hydrogen-bond acceptors (Lipinski definition) is 16. The number of thioether (sulfide) groups is 1. The van der Waals surface area contributed by atoms with Crippen LogP contribution < -0.4 is 16.4 Å². The SMILES string of the molecule is CSC1CC(=O)N(CC2CCC(C(=O)OCOC(=O)N(Cc3cnc4nc(N)nc(N)c4n3)c3ccc(C(=O)C[C@@H](CCC(=O)O)C(=O)O)cc3)CC2)C1=O. The molecule has 2 aromatic heterocycles. The number of nitrogens with zero attached hydrogens (tertiary/aromatic N) is 6. The lowest BCUT2D eigenvalue weighted by Gasteiger charge is -2.29. The molecule has 2 fully saturated rings. The zero-order chi connectivity index (χ0) is 39.8. The zero-order valence-electron chi connectivity index (χ0n) is 29.8. The first-order valence-electron chi connectivity index (χ1n) is 17.3. The third-order valence-electron chi connectivity index (χ3n) is 9.52. The largest absolute Gasteiger partial charge is 0.481 e. The Hall–Kier alpha value is -5.92. The number of Topliss-reactive ketones (excluding diaryl/α,β-unsaturated/α-hetero) is 1. The molecular formula is C35H40N8O11S. The van der Waals surface area contributed by atoms with Gasteiger partial charge in [-0.1, -0.05) is 0 Å². The number of anilines is 3. The minimum Gasteiger partial charge on any atom is -0.481 e. The van der Waals surface area contributed by atoms with Crippen molar-refractivity contribution in [1.82, 2.24) is 24.8 Å². The molecule has 6 N–H and O–H groups in total. The van der Waals surface area contributed by atoms with Gasteiger partial charge in [0.25, 0.3) is 0 Å². The molecule has 5 rings (SSSR count). The molecule has 3 heterocycles. The van der Waals surface area contributed by atoms with E-state index in [1.807, 2.05) is 0 Å². The van der Waals surface area contributed by atoms with Crippen LogP contribution in [0.15, 0.2) is 30.5 Å². The number of carboxylic acid groups (broad SMARTS) is 2. The van der Waals surface area contributed by atoms with Crippen LogP contribution in [-0.2, 0) is 40.0 Å². The van der Waals surface area contributed by atoms with Crippen molar-refractivity contribution in [1.29, 1.82) is 0 Å². The number of fused-ring (bicyclic) bond motifs is 1. The number of likely N-dealkylation sites (tertiary alicyclic amines) is 1. The molecule has 1 aliphatic heterocycles. The Bertz CT molecular complexity index is 1970. The molecule has 0 radical (unpaired) electrons. The molecule has 3 aromatic rings. The van der Waals surface area contributed by atoms with Crippen LogP contribution in [0.4, 0.5) is 22.2 Å². The van der Waals surface area contributed by atoms with Gasteiger partial charge in [-0.3, -0.25) is 38.6 Å². The first kappa shape index (κ1) is 40.3. The van der Waals surface area contributed by atoms with Gasteiger partial charge in [-0.15, -0.1) is 0 Å². The van der Waals surface area contributed by atoms with Crippen LogP contribution in [0.2, 0.25) is 0 Å². The second-order valence-electron chi connectivity index (χ2n) is 13.2. The number of benzene rings is 1. The average Bonchev–Trinajstić information content (AvgIpc) is 3.43. The van der Waals surface area contributed by atoms with Crippen LogP contribution in [-0.4, -0.2) is 101 Å². The molecule has 3 amide bonds. The van der Waals surface area contributed by atoms with Gasteiger partial charge < -0.3 is 31.2 Å². The molecular weight excluding hydrogens is 740 g/mol. The van der Waals surface area contributed by atoms with Gasteiger partial charge in [0.15, 0.2) is 22.8 Å². The number of rotatable bonds is 16. The fourth-order valence-corrected chi connectivity index (χ4v) is 7.10. The number of nitrogen functional groups attached to an aromatic ring is 2. The summed E-state index contributed by atoms with van der Waals surface area (Å²) in [6.45, 7) is -0.634. The molecule has 2 aliphatic rings. The monoisotopic (exact) mass is 780 g/mol. The number of nitrogens with two attached hydrogens (primary N) is 2. The van der Waals surface area contributed by atoms with Crippen molar-refractivity contribution < 1.29 is 53.2 Å². The van der Waals surface area contributed by atoms with Crippen molar-refractivity contribution in [2.75, 3.05) is 36.0 Å². The summed E-state index contributed by atoms with van der Waals surface area (Å²) in [5.41, 5.74) is 12.4. The van der Waals surface area contributed by atoms with Crippen LogP contribution in [0.1, 0.15) is 67.4 Å². The number of amides is 3. The number of imide groups is 1. The summed E-state index contributed by atoms with van der Waals surface area (Å²) in [4.78, 5) is 106. The average molecular weight is 781 g/mol. The van der Waals surface area contributed by atoms with Gasteiger partial charge in [0.2, 0.25) is 24.6 Å². The fourth-order valence-electron chi connectivity index (χ4n) is 6.46. The lowest BCUT2D eigenvalue weighted by Crippen LogP contribution is -2.37. The molecule has 19 nitrogen and oxygen atoms in total. The van der Waals surface area contributed by atoms with Crippen molar-refractivity contribution in [3.63, 3.8) is 0 Å². The lowest BCUT2D eigenvalue weighted by atomic mass is 9.82. The van der Waals surface area contributed by atoms with Gasteiger partial charge >= 0.3 is 24.0 Å². The number of carbonyl (C=O) groups is 7. The summed E-state index contributed by atoms with van der Waals surface area (Å²) in [6.07, 6.45) is 3.48. The number of aliphatic carboxylic acids is 2. The summed E-state index contributed by atoms with van der Waals surface area (Å²) in [5, 5.41) is 18.1. The van der Waals surface area contributed by atoms with Gasteiger partial charge in [-0.05, 0) is 68.5 Å². The molecule has 0 bridgehead atoms. The van der Waals surface area contributed by atoms with Gasteiger partial charge in [0, 0.05) is 37.1 Å². The van der Waals surface area contributed by atoms with E-state index < -0.39 is 61.3 Å². The van der Waals surface area contributed by atoms with E-state index >= 15 is 0 Å². The number of carboxylic acids is 2. The van der Waals surface area contributed by atoms with E-state index in [1.54, 1.807) is 6.26 Å². The van der Waals surface area contributed by atoms with Crippen molar-refractivity contribution in [2.24, 2.45) is 17.8 Å². The Balaban J connectivity index is 1.23. The number of carbonyl (C=O) groups excluding carboxylic acids is 5. The van der Waals surface area contributed by atoms with E-state index in [0.29, 0.717) is 32.2 Å². The van der Waals surface area contributed by atoms with E-state index in [4.69, 9.17) is 26.0 Å². The Morgan fingerprint density at radius 1 is 1.00 bits per heavy atom. The highest BCUT2D eigenvalue weighted by molar-refractivity contribution is 8.00. The summed E-state index contributed by atoms with van der Waals surface area (Å²) in [7, 11) is 0. The molecule has 2 atom stereocenters. The predicted molar refractivity (Wildman–Crippen MR) is 195 cm³/mol. The Morgan fingerprint density at radius 3 is 2.35 bits per heavy atom. The van der Waals surface area contributed by atoms with Crippen LogP contribution in [0.25, 0.3) is 11.2 Å². The summed E-state index contributed by atoms with van der Waals surface area (Å²) in [6, 6.07) is 5.59. The highest BCUT2D eigenvalue weighted by Crippen LogP contribution is 2.33. The van der Waals surface area contributed by atoms with E-state index in [0.717, 1.165) is 4.90 Å². The minimum absolute atomic E-state index is 0.0416. The van der Waals surface area contributed by atoms with Gasteiger partial charge in [-0.25, -0.2) is 14.8 Å². The lowest BCUT2D eigenvalue weighted by molar-refractivity contribution is -0.158. The minimum atomic E-state index is -1.30. The van der Waals surface area contributed by atoms with Crippen molar-refractivity contribution in [3.05, 3.63) is 41.7 Å². The molecule has 55 heavy (non-hydrogen) atoms. The van der Waals surface area contributed by atoms with E-state index in [1.165, 1.54) is 47.1 Å². The van der Waals surface area contributed by atoms with Crippen LogP contribution in [0.5, 0.6) is 0 Å². The Kier molecular flexibility index (Phi) is 13.1. The van der Waals surface area contributed by atoms with Crippen LogP contribution in [0, 0.1) is 17.8 Å². The molecule has 1 saturated heterocycles. The van der Waals surface area contributed by atoms with Gasteiger partial charge in [0.1, 0.15) is 0 Å². The van der Waals surface area contributed by atoms with Gasteiger partial charge in [0.05, 0.1) is 35.5 Å². The third-order valence-corrected chi connectivity index (χ3v) is 10.5. The highest BCUT2D eigenvalue weighted by atomic mass is 32.2.